The summed E-state index contributed by atoms with van der Waals surface area (Å²) >= 11 is 0. The zero-order valence-electron chi connectivity index (χ0n) is 54.7. The van der Waals surface area contributed by atoms with E-state index in [-0.39, 0.29) is 31.1 Å². The van der Waals surface area contributed by atoms with Crippen LogP contribution in [0, 0.1) is 0 Å². The predicted octanol–water partition coefficient (Wildman–Crippen LogP) is 24.6. The minimum atomic E-state index is -0.805. The maximum Gasteiger partial charge on any atom is 0.306 e. The van der Waals surface area contributed by atoms with Gasteiger partial charge in [-0.1, -0.05) is 304 Å². The lowest BCUT2D eigenvalue weighted by Gasteiger charge is -2.18. The van der Waals surface area contributed by atoms with Crippen LogP contribution in [0.4, 0.5) is 0 Å². The molecule has 0 saturated heterocycles. The molecule has 0 rings (SSSR count). The van der Waals surface area contributed by atoms with Crippen LogP contribution in [0.15, 0.2) is 109 Å². The Kier molecular flexibility index (Phi) is 67.2. The molecule has 0 heterocycles. The van der Waals surface area contributed by atoms with Crippen molar-refractivity contribution >= 4 is 17.9 Å². The largest absolute Gasteiger partial charge is 0.462 e. The van der Waals surface area contributed by atoms with Crippen molar-refractivity contribution in [2.75, 3.05) is 13.2 Å². The van der Waals surface area contributed by atoms with Crippen molar-refractivity contribution in [1.82, 2.24) is 0 Å². The van der Waals surface area contributed by atoms with Gasteiger partial charge in [0.2, 0.25) is 0 Å². The molecule has 1 atom stereocenters. The quantitative estimate of drug-likeness (QED) is 0.0261. The number of hydrogen-bond acceptors (Lipinski definition) is 6. The number of ether oxygens (including phenoxy) is 3. The third kappa shape index (κ3) is 68.7. The molecule has 0 aliphatic heterocycles. The van der Waals surface area contributed by atoms with Gasteiger partial charge in [-0.25, -0.2) is 0 Å². The van der Waals surface area contributed by atoms with Gasteiger partial charge in [-0.2, -0.15) is 0 Å². The van der Waals surface area contributed by atoms with E-state index < -0.39 is 6.10 Å². The Balaban J connectivity index is 4.33. The molecule has 0 N–H and O–H groups in total. The van der Waals surface area contributed by atoms with Crippen molar-refractivity contribution in [2.24, 2.45) is 0 Å². The highest BCUT2D eigenvalue weighted by molar-refractivity contribution is 5.71. The SMILES string of the molecule is CC/C=C\C/C=C\C/C=C\C/C=C\CCCCC(=O)OCC(COC(=O)CCCCCCCCCCCCCCCCCCC/C=C\C/C=C\CCCCCCC)OC(=O)CCCCCCCC/C=C\C/C=C\C/C=C\CCCCCCC. The summed E-state index contributed by atoms with van der Waals surface area (Å²) in [7, 11) is 0. The summed E-state index contributed by atoms with van der Waals surface area (Å²) in [6.07, 6.45) is 96.9. The smallest absolute Gasteiger partial charge is 0.306 e. The Hall–Kier alpha value is -3.93. The van der Waals surface area contributed by atoms with E-state index in [1.165, 1.54) is 186 Å². The number of unbranched alkanes of at least 4 members (excludes halogenated alkanes) is 35. The number of carbonyl (C=O) groups is 3. The maximum atomic E-state index is 12.9. The molecular formula is C77H132O6. The fraction of sp³-hybridized carbons (Fsp3) is 0.727. The van der Waals surface area contributed by atoms with E-state index in [1.54, 1.807) is 0 Å². The summed E-state index contributed by atoms with van der Waals surface area (Å²) in [6, 6.07) is 0. The molecule has 0 radical (unpaired) electrons. The number of esters is 3. The van der Waals surface area contributed by atoms with Gasteiger partial charge >= 0.3 is 17.9 Å². The standard InChI is InChI=1S/C77H132O6/c1-4-7-10-13-16-19-22-25-28-30-32-34-35-36-37-38-39-40-41-43-44-46-49-52-55-58-61-64-67-70-76(79)82-73-74(72-81-75(78)69-66-63-60-57-54-51-48-27-24-21-18-15-12-9-6-3)83-77(80)71-68-65-62-59-56-53-50-47-45-42-33-31-29-26-23-20-17-14-11-8-5-2/h9,12,18,21-23,25-27,30-33,45,47-48,54,57,74H,4-8,10-11,13-17,19-20,24,28-29,34-44,46,49-53,55-56,58-73H2,1-3H3/b12-9-,21-18-,25-22-,26-23-,32-30-,33-31-,47-45-,48-27-,57-54-. The van der Waals surface area contributed by atoms with Crippen LogP contribution in [0.5, 0.6) is 0 Å². The third-order valence-electron chi connectivity index (χ3n) is 15.2. The first-order chi connectivity index (χ1) is 41.0. The van der Waals surface area contributed by atoms with Gasteiger partial charge in [-0.05, 0) is 128 Å². The number of hydrogen-bond donors (Lipinski definition) is 0. The Morgan fingerprint density at radius 3 is 0.759 bits per heavy atom. The third-order valence-corrected chi connectivity index (χ3v) is 15.2. The molecule has 476 valence electrons. The molecule has 1 unspecified atom stereocenters. The van der Waals surface area contributed by atoms with Gasteiger partial charge in [-0.3, -0.25) is 14.4 Å². The van der Waals surface area contributed by atoms with Crippen LogP contribution in [0.25, 0.3) is 0 Å². The van der Waals surface area contributed by atoms with Gasteiger partial charge in [-0.15, -0.1) is 0 Å². The van der Waals surface area contributed by atoms with Crippen LogP contribution in [0.3, 0.4) is 0 Å². The van der Waals surface area contributed by atoms with Crippen molar-refractivity contribution in [3.05, 3.63) is 109 Å². The molecular weight excluding hydrogens is 1020 g/mol. The lowest BCUT2D eigenvalue weighted by atomic mass is 10.0. The van der Waals surface area contributed by atoms with E-state index >= 15 is 0 Å². The first-order valence-electron chi connectivity index (χ1n) is 35.4. The van der Waals surface area contributed by atoms with E-state index in [1.807, 2.05) is 0 Å². The second-order valence-electron chi connectivity index (χ2n) is 23.4. The predicted molar refractivity (Wildman–Crippen MR) is 362 cm³/mol. The molecule has 83 heavy (non-hydrogen) atoms. The fourth-order valence-corrected chi connectivity index (χ4v) is 9.94. The average Bonchev–Trinajstić information content (AvgIpc) is 3.49. The van der Waals surface area contributed by atoms with Gasteiger partial charge in [0.15, 0.2) is 6.10 Å². The van der Waals surface area contributed by atoms with E-state index in [4.69, 9.17) is 14.2 Å². The number of rotatable bonds is 64. The molecule has 0 fully saturated rings. The van der Waals surface area contributed by atoms with E-state index in [2.05, 4.69) is 130 Å². The van der Waals surface area contributed by atoms with Crippen molar-refractivity contribution < 1.29 is 28.6 Å². The molecule has 6 heteroatoms. The number of carbonyl (C=O) groups excluding carboxylic acids is 3. The van der Waals surface area contributed by atoms with E-state index in [0.717, 1.165) is 116 Å². The van der Waals surface area contributed by atoms with Crippen LogP contribution in [-0.4, -0.2) is 37.2 Å². The first-order valence-corrected chi connectivity index (χ1v) is 35.4. The number of allylic oxidation sites excluding steroid dienone is 18. The summed E-state index contributed by atoms with van der Waals surface area (Å²) in [6.45, 7) is 6.49. The molecule has 0 aliphatic rings. The monoisotopic (exact) mass is 1150 g/mol. The average molecular weight is 1150 g/mol. The summed E-state index contributed by atoms with van der Waals surface area (Å²) in [4.78, 5) is 38.4. The van der Waals surface area contributed by atoms with Gasteiger partial charge in [0.1, 0.15) is 13.2 Å². The molecule has 6 nitrogen and oxygen atoms in total. The van der Waals surface area contributed by atoms with Crippen LogP contribution in [0.1, 0.15) is 342 Å². The molecule has 0 spiro atoms. The topological polar surface area (TPSA) is 78.9 Å². The van der Waals surface area contributed by atoms with Crippen molar-refractivity contribution in [3.8, 4) is 0 Å². The summed E-state index contributed by atoms with van der Waals surface area (Å²) in [5, 5.41) is 0. The Morgan fingerprint density at radius 1 is 0.253 bits per heavy atom. The normalized spacial score (nSPS) is 12.8. The molecule has 0 aromatic carbocycles. The lowest BCUT2D eigenvalue weighted by molar-refractivity contribution is -0.167. The van der Waals surface area contributed by atoms with Crippen LogP contribution in [-0.2, 0) is 28.6 Å². The summed E-state index contributed by atoms with van der Waals surface area (Å²) in [5.41, 5.74) is 0. The molecule has 0 bridgehead atoms. The Bertz CT molecular complexity index is 1660. The lowest BCUT2D eigenvalue weighted by Crippen LogP contribution is -2.30. The molecule has 0 aromatic rings. The van der Waals surface area contributed by atoms with Crippen molar-refractivity contribution in [2.45, 2.75) is 348 Å². The minimum Gasteiger partial charge on any atom is -0.462 e. The van der Waals surface area contributed by atoms with Gasteiger partial charge < -0.3 is 14.2 Å². The second-order valence-corrected chi connectivity index (χ2v) is 23.4. The van der Waals surface area contributed by atoms with E-state index in [0.29, 0.717) is 19.3 Å². The van der Waals surface area contributed by atoms with Crippen molar-refractivity contribution in [1.29, 1.82) is 0 Å². The Labute approximate surface area is 514 Å². The summed E-state index contributed by atoms with van der Waals surface area (Å²) < 4.78 is 16.9. The zero-order chi connectivity index (χ0) is 59.9. The highest BCUT2D eigenvalue weighted by Gasteiger charge is 2.19. The van der Waals surface area contributed by atoms with Crippen LogP contribution >= 0.6 is 0 Å². The van der Waals surface area contributed by atoms with Crippen LogP contribution in [0.2, 0.25) is 0 Å². The highest BCUT2D eigenvalue weighted by atomic mass is 16.6. The first kappa shape index (κ1) is 79.1. The highest BCUT2D eigenvalue weighted by Crippen LogP contribution is 2.17. The van der Waals surface area contributed by atoms with Crippen molar-refractivity contribution in [3.63, 3.8) is 0 Å². The molecule has 0 aliphatic carbocycles. The van der Waals surface area contributed by atoms with Gasteiger partial charge in [0, 0.05) is 19.3 Å². The minimum absolute atomic E-state index is 0.0959. The Morgan fingerprint density at radius 2 is 0.470 bits per heavy atom. The molecule has 0 amide bonds. The molecule has 0 aromatic heterocycles. The van der Waals surface area contributed by atoms with Crippen LogP contribution < -0.4 is 0 Å². The van der Waals surface area contributed by atoms with Gasteiger partial charge in [0.05, 0.1) is 0 Å². The zero-order valence-corrected chi connectivity index (χ0v) is 54.7. The fourth-order valence-electron chi connectivity index (χ4n) is 9.94. The second kappa shape index (κ2) is 70.6. The molecule has 0 saturated carbocycles. The van der Waals surface area contributed by atoms with E-state index in [9.17, 15) is 14.4 Å². The van der Waals surface area contributed by atoms with Gasteiger partial charge in [0.25, 0.3) is 0 Å². The maximum absolute atomic E-state index is 12.9. The summed E-state index contributed by atoms with van der Waals surface area (Å²) in [5.74, 6) is -0.940.